The summed E-state index contributed by atoms with van der Waals surface area (Å²) in [5.41, 5.74) is 0.569. The van der Waals surface area contributed by atoms with Crippen LogP contribution in [0.2, 0.25) is 0 Å². The molecule has 2 N–H and O–H groups in total. The van der Waals surface area contributed by atoms with Crippen LogP contribution in [0, 0.1) is 17.1 Å². The Hall–Kier alpha value is -2.13. The van der Waals surface area contributed by atoms with Crippen LogP contribution in [0.3, 0.4) is 0 Å². The van der Waals surface area contributed by atoms with Gasteiger partial charge in [-0.2, -0.15) is 5.26 Å². The Bertz CT molecular complexity index is 719. The number of nitriles is 1. The minimum Gasteiger partial charge on any atom is -0.317 e. The summed E-state index contributed by atoms with van der Waals surface area (Å²) in [6, 6.07) is 4.59. The topological polar surface area (TPSA) is 73.6 Å². The molecular formula is C13H13FN4O. The number of halogens is 1. The van der Waals surface area contributed by atoms with E-state index < -0.39 is 5.82 Å². The van der Waals surface area contributed by atoms with Gasteiger partial charge in [-0.15, -0.1) is 0 Å². The van der Waals surface area contributed by atoms with Crippen LogP contribution in [0.25, 0.3) is 11.0 Å². The highest BCUT2D eigenvalue weighted by atomic mass is 19.1. The van der Waals surface area contributed by atoms with Crippen molar-refractivity contribution in [2.75, 3.05) is 13.1 Å². The minimum absolute atomic E-state index is 0.0106. The first-order chi connectivity index (χ1) is 9.22. The molecule has 0 saturated carbocycles. The molecule has 0 bridgehead atoms. The first-order valence-corrected chi connectivity index (χ1v) is 6.26. The van der Waals surface area contributed by atoms with Crippen molar-refractivity contribution in [3.8, 4) is 6.07 Å². The fourth-order valence-corrected chi connectivity index (χ4v) is 2.71. The third kappa shape index (κ3) is 1.83. The van der Waals surface area contributed by atoms with E-state index in [0.29, 0.717) is 11.0 Å². The van der Waals surface area contributed by atoms with Gasteiger partial charge in [0, 0.05) is 6.04 Å². The van der Waals surface area contributed by atoms with Crippen LogP contribution in [-0.2, 0) is 0 Å². The van der Waals surface area contributed by atoms with E-state index in [1.54, 1.807) is 0 Å². The molecular weight excluding hydrogens is 247 g/mol. The molecule has 1 aliphatic heterocycles. The molecule has 2 heterocycles. The number of piperidine rings is 1. The molecule has 0 spiro atoms. The Morgan fingerprint density at radius 2 is 2.11 bits per heavy atom. The number of aromatic amines is 1. The predicted octanol–water partition coefficient (Wildman–Crippen LogP) is 1.26. The van der Waals surface area contributed by atoms with Crippen LogP contribution in [0.15, 0.2) is 16.9 Å². The van der Waals surface area contributed by atoms with Crippen molar-refractivity contribution >= 4 is 11.0 Å². The smallest absolute Gasteiger partial charge is 0.317 e. The Balaban J connectivity index is 2.28. The number of H-pyrrole nitrogens is 1. The average Bonchev–Trinajstić information content (AvgIpc) is 2.76. The highest BCUT2D eigenvalue weighted by Gasteiger charge is 2.22. The molecule has 19 heavy (non-hydrogen) atoms. The van der Waals surface area contributed by atoms with E-state index in [-0.39, 0.29) is 17.3 Å². The van der Waals surface area contributed by atoms with Gasteiger partial charge >= 0.3 is 5.69 Å². The number of nitrogens with zero attached hydrogens (tertiary/aromatic N) is 2. The van der Waals surface area contributed by atoms with E-state index in [1.165, 1.54) is 16.7 Å². The molecule has 2 aromatic rings. The lowest BCUT2D eigenvalue weighted by molar-refractivity contribution is 0.368. The number of hydrogen-bond donors (Lipinski definition) is 2. The molecule has 0 atom stereocenters. The lowest BCUT2D eigenvalue weighted by Gasteiger charge is -2.24. The SMILES string of the molecule is N#Cc1c(F)ccc2[nH]c(=O)n(C3CCNCC3)c12. The van der Waals surface area contributed by atoms with Crippen molar-refractivity contribution in [2.45, 2.75) is 18.9 Å². The van der Waals surface area contributed by atoms with Crippen LogP contribution in [0.1, 0.15) is 24.4 Å². The summed E-state index contributed by atoms with van der Waals surface area (Å²) < 4.78 is 15.3. The quantitative estimate of drug-likeness (QED) is 0.810. The zero-order valence-electron chi connectivity index (χ0n) is 10.2. The van der Waals surface area contributed by atoms with Crippen molar-refractivity contribution in [1.29, 1.82) is 5.26 Å². The predicted molar refractivity (Wildman–Crippen MR) is 68.4 cm³/mol. The van der Waals surface area contributed by atoms with Crippen LogP contribution < -0.4 is 11.0 Å². The zero-order chi connectivity index (χ0) is 13.4. The maximum absolute atomic E-state index is 13.7. The number of aromatic nitrogens is 2. The summed E-state index contributed by atoms with van der Waals surface area (Å²) in [5, 5.41) is 12.3. The normalized spacial score (nSPS) is 16.6. The number of rotatable bonds is 1. The monoisotopic (exact) mass is 260 g/mol. The highest BCUT2D eigenvalue weighted by molar-refractivity contribution is 5.82. The van der Waals surface area contributed by atoms with Crippen molar-refractivity contribution in [1.82, 2.24) is 14.9 Å². The van der Waals surface area contributed by atoms with Crippen molar-refractivity contribution in [3.63, 3.8) is 0 Å². The molecule has 1 aliphatic rings. The fraction of sp³-hybridized carbons (Fsp3) is 0.385. The van der Waals surface area contributed by atoms with Crippen LogP contribution in [0.4, 0.5) is 4.39 Å². The molecule has 6 heteroatoms. The number of fused-ring (bicyclic) bond motifs is 1. The van der Waals surface area contributed by atoms with Gasteiger partial charge in [0.1, 0.15) is 17.4 Å². The molecule has 0 radical (unpaired) electrons. The summed E-state index contributed by atoms with van der Waals surface area (Å²) in [7, 11) is 0. The zero-order valence-corrected chi connectivity index (χ0v) is 10.2. The first-order valence-electron chi connectivity index (χ1n) is 6.26. The van der Waals surface area contributed by atoms with E-state index in [9.17, 15) is 9.18 Å². The summed E-state index contributed by atoms with van der Waals surface area (Å²) in [5.74, 6) is -0.586. The molecule has 0 aliphatic carbocycles. The number of benzene rings is 1. The van der Waals surface area contributed by atoms with Crippen molar-refractivity contribution in [3.05, 3.63) is 34.0 Å². The van der Waals surface area contributed by atoms with Gasteiger partial charge in [-0.1, -0.05) is 0 Å². The Kier molecular flexibility index (Phi) is 2.84. The third-order valence-electron chi connectivity index (χ3n) is 3.61. The van der Waals surface area contributed by atoms with Crippen LogP contribution in [-0.4, -0.2) is 22.6 Å². The first kappa shape index (κ1) is 11.9. The molecule has 0 amide bonds. The van der Waals surface area contributed by atoms with Gasteiger partial charge in [-0.25, -0.2) is 9.18 Å². The molecule has 98 valence electrons. The lowest BCUT2D eigenvalue weighted by Crippen LogP contribution is -2.33. The lowest BCUT2D eigenvalue weighted by atomic mass is 10.1. The molecule has 1 aromatic carbocycles. The second-order valence-corrected chi connectivity index (χ2v) is 4.71. The average molecular weight is 260 g/mol. The summed E-state index contributed by atoms with van der Waals surface area (Å²) in [4.78, 5) is 14.8. The van der Waals surface area contributed by atoms with Gasteiger partial charge in [0.15, 0.2) is 0 Å². The maximum atomic E-state index is 13.7. The molecule has 1 saturated heterocycles. The van der Waals surface area contributed by atoms with Crippen molar-refractivity contribution < 1.29 is 4.39 Å². The molecule has 1 aromatic heterocycles. The largest absolute Gasteiger partial charge is 0.326 e. The maximum Gasteiger partial charge on any atom is 0.326 e. The van der Waals surface area contributed by atoms with Gasteiger partial charge in [0.05, 0.1) is 11.0 Å². The summed E-state index contributed by atoms with van der Waals surface area (Å²) in [6.45, 7) is 1.64. The standard InChI is InChI=1S/C13H13FN4O/c14-10-1-2-11-12(9(10)7-15)18(13(19)17-11)8-3-5-16-6-4-8/h1-2,8,16H,3-6H2,(H,17,19). The Morgan fingerprint density at radius 1 is 1.37 bits per heavy atom. The molecule has 5 nitrogen and oxygen atoms in total. The van der Waals surface area contributed by atoms with Crippen LogP contribution in [0.5, 0.6) is 0 Å². The number of hydrogen-bond acceptors (Lipinski definition) is 3. The second-order valence-electron chi connectivity index (χ2n) is 4.71. The number of nitrogens with one attached hydrogen (secondary N) is 2. The molecule has 3 rings (SSSR count). The summed E-state index contributed by atoms with van der Waals surface area (Å²) >= 11 is 0. The van der Waals surface area contributed by atoms with Crippen LogP contribution >= 0.6 is 0 Å². The van der Waals surface area contributed by atoms with E-state index in [4.69, 9.17) is 5.26 Å². The van der Waals surface area contributed by atoms with E-state index in [0.717, 1.165) is 25.9 Å². The van der Waals surface area contributed by atoms with Gasteiger partial charge in [-0.3, -0.25) is 4.57 Å². The van der Waals surface area contributed by atoms with E-state index in [1.807, 2.05) is 6.07 Å². The highest BCUT2D eigenvalue weighted by Crippen LogP contribution is 2.25. The van der Waals surface area contributed by atoms with E-state index in [2.05, 4.69) is 10.3 Å². The van der Waals surface area contributed by atoms with Gasteiger partial charge < -0.3 is 10.3 Å². The second kappa shape index (κ2) is 4.52. The third-order valence-corrected chi connectivity index (χ3v) is 3.61. The van der Waals surface area contributed by atoms with E-state index >= 15 is 0 Å². The molecule has 0 unspecified atom stereocenters. The van der Waals surface area contributed by atoms with Gasteiger partial charge in [0.25, 0.3) is 0 Å². The van der Waals surface area contributed by atoms with Gasteiger partial charge in [-0.05, 0) is 38.1 Å². The Morgan fingerprint density at radius 3 is 2.79 bits per heavy atom. The molecule has 1 fully saturated rings. The van der Waals surface area contributed by atoms with Crippen molar-refractivity contribution in [2.24, 2.45) is 0 Å². The summed E-state index contributed by atoms with van der Waals surface area (Å²) in [6.07, 6.45) is 1.60. The Labute approximate surface area is 108 Å². The van der Waals surface area contributed by atoms with Gasteiger partial charge in [0.2, 0.25) is 0 Å². The number of imidazole rings is 1. The minimum atomic E-state index is -0.586. The fourth-order valence-electron chi connectivity index (χ4n) is 2.71.